The van der Waals surface area contributed by atoms with E-state index in [0.29, 0.717) is 0 Å². The fourth-order valence-corrected chi connectivity index (χ4v) is 8.06. The minimum atomic E-state index is -2.02. The van der Waals surface area contributed by atoms with E-state index in [-0.39, 0.29) is 0 Å². The van der Waals surface area contributed by atoms with Gasteiger partial charge >= 0.3 is 0 Å². The molecule has 5 rings (SSSR count). The molecule has 5 fully saturated rings. The number of aliphatic hydroxyl groups is 13. The normalized spacial score (nSPS) is 47.7. The quantitative estimate of drug-likeness (QED) is 0.0725. The smallest absolute Gasteiger partial charge is 0.217 e. The van der Waals surface area contributed by atoms with Crippen LogP contribution in [0.3, 0.4) is 0 Å². The maximum Gasteiger partial charge on any atom is 0.217 e. The van der Waals surface area contributed by atoms with Gasteiger partial charge < -0.3 is 125 Å². The van der Waals surface area contributed by atoms with Crippen molar-refractivity contribution in [3.05, 3.63) is 0 Å². The van der Waals surface area contributed by atoms with Gasteiger partial charge in [0.2, 0.25) is 17.7 Å². The van der Waals surface area contributed by atoms with Gasteiger partial charge in [0.05, 0.1) is 32.5 Å². The molecule has 16 N–H and O–H groups in total. The van der Waals surface area contributed by atoms with Crippen LogP contribution in [0.5, 0.6) is 0 Å². The van der Waals surface area contributed by atoms with Crippen molar-refractivity contribution in [2.24, 2.45) is 0 Å². The molecule has 0 saturated carbocycles. The van der Waals surface area contributed by atoms with Gasteiger partial charge in [0.15, 0.2) is 31.5 Å². The van der Waals surface area contributed by atoms with E-state index < -0.39 is 197 Å². The minimum absolute atomic E-state index is 0.672. The molecule has 0 aromatic carbocycles. The summed E-state index contributed by atoms with van der Waals surface area (Å²) in [5, 5.41) is 146. The molecule has 370 valence electrons. The van der Waals surface area contributed by atoms with Crippen LogP contribution >= 0.6 is 0 Å². The molecule has 0 bridgehead atoms. The summed E-state index contributed by atoms with van der Waals surface area (Å²) in [6.07, 6.45) is -38.8. The lowest BCUT2D eigenvalue weighted by Gasteiger charge is -2.50. The average molecular weight is 936 g/mol. The highest BCUT2D eigenvalue weighted by molar-refractivity contribution is 5.74. The first-order valence-corrected chi connectivity index (χ1v) is 20.4. The highest BCUT2D eigenvalue weighted by Crippen LogP contribution is 2.35. The molecule has 0 aliphatic carbocycles. The molecule has 28 nitrogen and oxygen atoms in total. The van der Waals surface area contributed by atoms with Gasteiger partial charge in [-0.3, -0.25) is 14.4 Å². The first kappa shape index (κ1) is 52.5. The molecular formula is C36H61N3O25. The second kappa shape index (κ2) is 22.6. The lowest BCUT2D eigenvalue weighted by atomic mass is 9.93. The molecule has 3 amide bonds. The number of ether oxygens (including phenoxy) is 9. The fraction of sp³-hybridized carbons (Fsp3) is 0.917. The van der Waals surface area contributed by atoms with Gasteiger partial charge in [-0.05, 0) is 6.92 Å². The second-order valence-corrected chi connectivity index (χ2v) is 16.2. The van der Waals surface area contributed by atoms with Crippen LogP contribution < -0.4 is 16.0 Å². The molecule has 0 aromatic heterocycles. The third kappa shape index (κ3) is 11.6. The van der Waals surface area contributed by atoms with E-state index in [0.717, 1.165) is 20.8 Å². The van der Waals surface area contributed by atoms with Gasteiger partial charge in [0.25, 0.3) is 0 Å². The van der Waals surface area contributed by atoms with Crippen LogP contribution in [0, 0.1) is 0 Å². The van der Waals surface area contributed by atoms with Crippen molar-refractivity contribution in [2.45, 2.75) is 181 Å². The van der Waals surface area contributed by atoms with Crippen molar-refractivity contribution >= 4 is 17.7 Å². The molecule has 5 heterocycles. The van der Waals surface area contributed by atoms with Crippen LogP contribution in [0.15, 0.2) is 0 Å². The Morgan fingerprint density at radius 2 is 0.891 bits per heavy atom. The summed E-state index contributed by atoms with van der Waals surface area (Å²) in [5.41, 5.74) is 0. The monoisotopic (exact) mass is 935 g/mol. The van der Waals surface area contributed by atoms with Crippen molar-refractivity contribution < 1.29 is 123 Å². The topological polar surface area (TPSA) is 433 Å². The van der Waals surface area contributed by atoms with Gasteiger partial charge in [-0.1, -0.05) is 0 Å². The first-order chi connectivity index (χ1) is 30.1. The SMILES string of the molecule is CC(=O)N[C@H]1[C@H](OC[C@H]2OC(O)[C@H](NC(C)=O)[C@@H](O[C@@H]3O[C@H](CO)[C@@H](O)[C@H](O[C@@H]4O[C@H](CO)[C@H](O)[C@H](O)[C@H]4O[C@@H]4O[C@@H](C)[C@@H](O)[C@@H](O)[C@@H]4O)[C@H]3NC(C)=O)[C@H]2O)O[C@H](CO)[C@@H](O)[C@@H]1O. The molecule has 1 unspecified atom stereocenters. The molecule has 5 saturated heterocycles. The van der Waals surface area contributed by atoms with Crippen molar-refractivity contribution in [1.29, 1.82) is 0 Å². The van der Waals surface area contributed by atoms with Crippen molar-refractivity contribution in [2.75, 3.05) is 26.4 Å². The van der Waals surface area contributed by atoms with E-state index in [1.54, 1.807) is 0 Å². The Kier molecular flexibility index (Phi) is 18.5. The van der Waals surface area contributed by atoms with Crippen molar-refractivity contribution in [3.8, 4) is 0 Å². The Hall–Kier alpha value is -2.47. The fourth-order valence-electron chi connectivity index (χ4n) is 8.06. The van der Waals surface area contributed by atoms with Crippen LogP contribution in [0.4, 0.5) is 0 Å². The summed E-state index contributed by atoms with van der Waals surface area (Å²) >= 11 is 0. The Bertz CT molecular complexity index is 1540. The first-order valence-electron chi connectivity index (χ1n) is 20.4. The maximum atomic E-state index is 12.8. The maximum absolute atomic E-state index is 12.8. The summed E-state index contributed by atoms with van der Waals surface area (Å²) < 4.78 is 52.0. The van der Waals surface area contributed by atoms with Crippen LogP contribution in [0.1, 0.15) is 27.7 Å². The third-order valence-corrected chi connectivity index (χ3v) is 11.5. The predicted molar refractivity (Wildman–Crippen MR) is 200 cm³/mol. The summed E-state index contributed by atoms with van der Waals surface area (Å²) in [4.78, 5) is 37.1. The zero-order valence-corrected chi connectivity index (χ0v) is 35.0. The Morgan fingerprint density at radius 1 is 0.438 bits per heavy atom. The largest absolute Gasteiger partial charge is 0.394 e. The molecule has 28 heteroatoms. The zero-order valence-electron chi connectivity index (χ0n) is 35.0. The van der Waals surface area contributed by atoms with E-state index in [9.17, 15) is 80.8 Å². The van der Waals surface area contributed by atoms with Crippen LogP contribution in [-0.2, 0) is 57.0 Å². The van der Waals surface area contributed by atoms with Crippen LogP contribution in [-0.4, -0.2) is 264 Å². The van der Waals surface area contributed by atoms with Gasteiger partial charge in [0.1, 0.15) is 116 Å². The number of hydrogen-bond donors (Lipinski definition) is 16. The third-order valence-electron chi connectivity index (χ3n) is 11.5. The predicted octanol–water partition coefficient (Wildman–Crippen LogP) is -10.5. The lowest BCUT2D eigenvalue weighted by Crippen LogP contribution is -2.71. The zero-order chi connectivity index (χ0) is 47.5. The Labute approximate surface area is 364 Å². The summed E-state index contributed by atoms with van der Waals surface area (Å²) in [6.45, 7) is 1.11. The molecule has 0 spiro atoms. The number of rotatable bonds is 15. The summed E-state index contributed by atoms with van der Waals surface area (Å²) in [5.74, 6) is -2.26. The number of carbonyl (C=O) groups is 3. The summed E-state index contributed by atoms with van der Waals surface area (Å²) in [6, 6.07) is -4.79. The average Bonchev–Trinajstić information content (AvgIpc) is 3.24. The molecule has 25 atom stereocenters. The number of aliphatic hydroxyl groups excluding tert-OH is 13. The number of amides is 3. The van der Waals surface area contributed by atoms with E-state index >= 15 is 0 Å². The number of nitrogens with one attached hydrogen (secondary N) is 3. The van der Waals surface area contributed by atoms with Gasteiger partial charge in [-0.2, -0.15) is 0 Å². The molecule has 64 heavy (non-hydrogen) atoms. The molecule has 0 aromatic rings. The van der Waals surface area contributed by atoms with Crippen molar-refractivity contribution in [1.82, 2.24) is 16.0 Å². The highest BCUT2D eigenvalue weighted by Gasteiger charge is 2.56. The molecule has 0 radical (unpaired) electrons. The van der Waals surface area contributed by atoms with Crippen LogP contribution in [0.2, 0.25) is 0 Å². The van der Waals surface area contributed by atoms with E-state index in [1.165, 1.54) is 6.92 Å². The van der Waals surface area contributed by atoms with Gasteiger partial charge in [-0.15, -0.1) is 0 Å². The molecule has 5 aliphatic heterocycles. The van der Waals surface area contributed by atoms with E-state index in [2.05, 4.69) is 16.0 Å². The summed E-state index contributed by atoms with van der Waals surface area (Å²) in [7, 11) is 0. The van der Waals surface area contributed by atoms with E-state index in [1.807, 2.05) is 0 Å². The molecular weight excluding hydrogens is 874 g/mol. The van der Waals surface area contributed by atoms with Gasteiger partial charge in [-0.25, -0.2) is 0 Å². The van der Waals surface area contributed by atoms with Gasteiger partial charge in [0, 0.05) is 20.8 Å². The molecule has 5 aliphatic rings. The van der Waals surface area contributed by atoms with Crippen LogP contribution in [0.25, 0.3) is 0 Å². The van der Waals surface area contributed by atoms with E-state index in [4.69, 9.17) is 42.6 Å². The Morgan fingerprint density at radius 3 is 1.47 bits per heavy atom. The second-order valence-electron chi connectivity index (χ2n) is 16.2. The standard InChI is InChI=1S/C36H61N3O25/c1-9-20(46)26(52)28(54)35(57-9)64-31-27(53)22(48)14(6-41)61-36(31)63-30-19(39-12(4)45)34(60-15(7-42)23(30)49)62-29-18(38-11(3)44)32(55)58-16(24(29)50)8-56-33-17(37-10(2)43)25(51)21(47)13(5-40)59-33/h9,13-36,40-42,46-55H,5-8H2,1-4H3,(H,37,43)(H,38,44)(H,39,45)/t9-,13+,14+,15+,16+,17+,18+,19+,20+,21+,22-,23+,24-,25+,26+,27-,28-,29+,30+,31+,32?,33+,34-,35-,36-/m0/s1. The number of carbonyl (C=O) groups excluding carboxylic acids is 3. The van der Waals surface area contributed by atoms with Crippen molar-refractivity contribution in [3.63, 3.8) is 0 Å². The number of hydrogen-bond acceptors (Lipinski definition) is 25. The Balaban J connectivity index is 1.44. The highest BCUT2D eigenvalue weighted by atomic mass is 16.8. The minimum Gasteiger partial charge on any atom is -0.394 e. The lowest BCUT2D eigenvalue weighted by molar-refractivity contribution is -0.384.